The Morgan fingerprint density at radius 2 is 2.00 bits per heavy atom. The fourth-order valence-electron chi connectivity index (χ4n) is 2.44. The molecule has 0 aliphatic heterocycles. The average Bonchev–Trinajstić information content (AvgIpc) is 3.08. The molecule has 0 atom stereocenters. The van der Waals surface area contributed by atoms with Gasteiger partial charge in [0.05, 0.1) is 13.2 Å². The molecule has 0 bridgehead atoms. The number of thiazole rings is 1. The molecule has 0 aliphatic carbocycles. The molecule has 2 N–H and O–H groups in total. The van der Waals surface area contributed by atoms with E-state index in [1.165, 1.54) is 10.4 Å². The molecule has 1 heterocycles. The number of hydrogen-bond donors (Lipinski definition) is 2. The summed E-state index contributed by atoms with van der Waals surface area (Å²) in [5.74, 6) is 0.852. The summed E-state index contributed by atoms with van der Waals surface area (Å²) in [5.41, 5.74) is 1.33. The van der Waals surface area contributed by atoms with E-state index in [-0.39, 0.29) is 0 Å². The van der Waals surface area contributed by atoms with Gasteiger partial charge in [-0.2, -0.15) is 0 Å². The first-order valence-corrected chi connectivity index (χ1v) is 10.1. The summed E-state index contributed by atoms with van der Waals surface area (Å²) in [5, 5.41) is 7.70. The highest BCUT2D eigenvalue weighted by molar-refractivity contribution is 7.11. The van der Waals surface area contributed by atoms with Crippen molar-refractivity contribution >= 4 is 17.3 Å². The maximum absolute atomic E-state index is 5.72. The first-order valence-electron chi connectivity index (χ1n) is 9.33. The number of unbranched alkanes of at least 4 members (excludes halogenated alkanes) is 1. The third kappa shape index (κ3) is 8.45. The summed E-state index contributed by atoms with van der Waals surface area (Å²) >= 11 is 1.70. The molecule has 2 aromatic rings. The minimum atomic E-state index is 0.621. The number of nitrogens with zero attached hydrogens (tertiary/aromatic N) is 2. The van der Waals surface area contributed by atoms with Gasteiger partial charge in [-0.25, -0.2) is 9.98 Å². The van der Waals surface area contributed by atoms with Crippen LogP contribution in [-0.2, 0) is 17.7 Å². The standard InChI is InChI=1S/C20H30N4OS/c1-3-21-20(24-16-19-23-15-17(2)26-19)22-12-7-8-13-25-14-11-18-9-5-4-6-10-18/h4-6,9-10,15H,3,7-8,11-14,16H2,1-2H3,(H2,21,22,24). The van der Waals surface area contributed by atoms with Crippen molar-refractivity contribution in [3.05, 3.63) is 52.0 Å². The molecule has 0 saturated heterocycles. The molecule has 142 valence electrons. The predicted molar refractivity (Wildman–Crippen MR) is 110 cm³/mol. The third-order valence-corrected chi connectivity index (χ3v) is 4.67. The second-order valence-corrected chi connectivity index (χ2v) is 7.36. The van der Waals surface area contributed by atoms with E-state index in [4.69, 9.17) is 4.74 Å². The lowest BCUT2D eigenvalue weighted by atomic mass is 10.2. The van der Waals surface area contributed by atoms with Crippen LogP contribution in [0.5, 0.6) is 0 Å². The monoisotopic (exact) mass is 374 g/mol. The van der Waals surface area contributed by atoms with E-state index in [9.17, 15) is 0 Å². The lowest BCUT2D eigenvalue weighted by Gasteiger charge is -2.11. The molecule has 0 amide bonds. The molecule has 1 aromatic carbocycles. The number of nitrogens with one attached hydrogen (secondary N) is 2. The molecule has 6 heteroatoms. The Hall–Kier alpha value is -1.92. The van der Waals surface area contributed by atoms with E-state index in [0.29, 0.717) is 6.54 Å². The van der Waals surface area contributed by atoms with Gasteiger partial charge >= 0.3 is 0 Å². The highest BCUT2D eigenvalue weighted by Crippen LogP contribution is 2.11. The molecule has 26 heavy (non-hydrogen) atoms. The van der Waals surface area contributed by atoms with Gasteiger partial charge in [0, 0.05) is 30.8 Å². The average molecular weight is 375 g/mol. The minimum Gasteiger partial charge on any atom is -0.381 e. The van der Waals surface area contributed by atoms with E-state index in [2.05, 4.69) is 58.7 Å². The van der Waals surface area contributed by atoms with Crippen molar-refractivity contribution < 1.29 is 4.74 Å². The summed E-state index contributed by atoms with van der Waals surface area (Å²) in [6.07, 6.45) is 4.99. The Balaban J connectivity index is 1.54. The Morgan fingerprint density at radius 1 is 1.15 bits per heavy atom. The van der Waals surface area contributed by atoms with Crippen molar-refractivity contribution in [1.82, 2.24) is 15.6 Å². The van der Waals surface area contributed by atoms with E-state index in [1.807, 2.05) is 12.3 Å². The van der Waals surface area contributed by atoms with Gasteiger partial charge in [-0.3, -0.25) is 0 Å². The van der Waals surface area contributed by atoms with Crippen LogP contribution < -0.4 is 10.6 Å². The van der Waals surface area contributed by atoms with Crippen LogP contribution in [0.15, 0.2) is 41.5 Å². The van der Waals surface area contributed by atoms with Crippen LogP contribution in [0.3, 0.4) is 0 Å². The highest BCUT2D eigenvalue weighted by Gasteiger charge is 2.00. The van der Waals surface area contributed by atoms with Crippen molar-refractivity contribution in [2.45, 2.75) is 39.7 Å². The van der Waals surface area contributed by atoms with Crippen LogP contribution in [0.1, 0.15) is 35.2 Å². The topological polar surface area (TPSA) is 58.5 Å². The van der Waals surface area contributed by atoms with Crippen LogP contribution >= 0.6 is 11.3 Å². The quantitative estimate of drug-likeness (QED) is 0.359. The van der Waals surface area contributed by atoms with E-state index in [1.54, 1.807) is 11.3 Å². The highest BCUT2D eigenvalue weighted by atomic mass is 32.1. The zero-order valence-corrected chi connectivity index (χ0v) is 16.6. The first kappa shape index (κ1) is 20.4. The number of aryl methyl sites for hydroxylation is 1. The maximum atomic E-state index is 5.72. The number of aliphatic imine (C=N–C) groups is 1. The van der Waals surface area contributed by atoms with Crippen LogP contribution in [-0.4, -0.2) is 37.2 Å². The van der Waals surface area contributed by atoms with Gasteiger partial charge in [-0.15, -0.1) is 11.3 Å². The maximum Gasteiger partial charge on any atom is 0.191 e. The van der Waals surface area contributed by atoms with Gasteiger partial charge in [0.15, 0.2) is 5.96 Å². The summed E-state index contributed by atoms with van der Waals surface area (Å²) in [6.45, 7) is 8.10. The van der Waals surface area contributed by atoms with Crippen molar-refractivity contribution in [1.29, 1.82) is 0 Å². The number of rotatable bonds is 11. The van der Waals surface area contributed by atoms with E-state index < -0.39 is 0 Å². The molecule has 2 rings (SSSR count). The fraction of sp³-hybridized carbons (Fsp3) is 0.500. The van der Waals surface area contributed by atoms with Gasteiger partial charge in [-0.1, -0.05) is 30.3 Å². The zero-order valence-electron chi connectivity index (χ0n) is 15.8. The van der Waals surface area contributed by atoms with Gasteiger partial charge < -0.3 is 15.4 Å². The van der Waals surface area contributed by atoms with Crippen LogP contribution in [0.25, 0.3) is 0 Å². The van der Waals surface area contributed by atoms with E-state index >= 15 is 0 Å². The van der Waals surface area contributed by atoms with E-state index in [0.717, 1.165) is 56.5 Å². The number of aromatic nitrogens is 1. The molecular formula is C20H30N4OS. The molecule has 0 radical (unpaired) electrons. The number of ether oxygens (including phenoxy) is 1. The molecule has 0 unspecified atom stereocenters. The molecule has 0 fully saturated rings. The van der Waals surface area contributed by atoms with Crippen LogP contribution in [0, 0.1) is 6.92 Å². The smallest absolute Gasteiger partial charge is 0.191 e. The number of guanidine groups is 1. The molecule has 0 spiro atoms. The van der Waals surface area contributed by atoms with Crippen molar-refractivity contribution in [2.24, 2.45) is 4.99 Å². The first-order chi connectivity index (χ1) is 12.8. The van der Waals surface area contributed by atoms with Crippen LogP contribution in [0.4, 0.5) is 0 Å². The summed E-state index contributed by atoms with van der Waals surface area (Å²) in [4.78, 5) is 10.2. The van der Waals surface area contributed by atoms with Crippen molar-refractivity contribution in [3.8, 4) is 0 Å². The second-order valence-electron chi connectivity index (χ2n) is 6.04. The number of hydrogen-bond acceptors (Lipinski definition) is 4. The van der Waals surface area contributed by atoms with Crippen molar-refractivity contribution in [2.75, 3.05) is 26.3 Å². The van der Waals surface area contributed by atoms with Gasteiger partial charge in [0.1, 0.15) is 5.01 Å². The third-order valence-electron chi connectivity index (χ3n) is 3.77. The Bertz CT molecular complexity index is 642. The lowest BCUT2D eigenvalue weighted by molar-refractivity contribution is 0.133. The summed E-state index contributed by atoms with van der Waals surface area (Å²) in [6, 6.07) is 10.5. The lowest BCUT2D eigenvalue weighted by Crippen LogP contribution is -2.37. The van der Waals surface area contributed by atoms with Crippen molar-refractivity contribution in [3.63, 3.8) is 0 Å². The molecular weight excluding hydrogens is 344 g/mol. The molecule has 0 aliphatic rings. The SMILES string of the molecule is CCNC(=NCc1ncc(C)s1)NCCCCOCCc1ccccc1. The second kappa shape index (κ2) is 12.4. The summed E-state index contributed by atoms with van der Waals surface area (Å²) < 4.78 is 5.72. The molecule has 1 aromatic heterocycles. The largest absolute Gasteiger partial charge is 0.381 e. The predicted octanol–water partition coefficient (Wildman–Crippen LogP) is 3.55. The Morgan fingerprint density at radius 3 is 2.73 bits per heavy atom. The van der Waals surface area contributed by atoms with Crippen LogP contribution in [0.2, 0.25) is 0 Å². The number of benzene rings is 1. The van der Waals surface area contributed by atoms with Gasteiger partial charge in [0.2, 0.25) is 0 Å². The summed E-state index contributed by atoms with van der Waals surface area (Å²) in [7, 11) is 0. The Kier molecular flexibility index (Phi) is 9.75. The Labute approximate surface area is 160 Å². The van der Waals surface area contributed by atoms with Gasteiger partial charge in [-0.05, 0) is 38.7 Å². The molecule has 0 saturated carbocycles. The fourth-order valence-corrected chi connectivity index (χ4v) is 3.15. The zero-order chi connectivity index (χ0) is 18.5. The minimum absolute atomic E-state index is 0.621. The van der Waals surface area contributed by atoms with Gasteiger partial charge in [0.25, 0.3) is 0 Å². The molecule has 5 nitrogen and oxygen atoms in total. The normalized spacial score (nSPS) is 11.5.